The maximum Gasteiger partial charge on any atom is 0.254 e. The first-order valence-electron chi connectivity index (χ1n) is 11.0. The third-order valence-corrected chi connectivity index (χ3v) is 6.15. The van der Waals surface area contributed by atoms with Gasteiger partial charge in [-0.05, 0) is 68.5 Å². The first-order valence-corrected chi connectivity index (χ1v) is 11.0. The second kappa shape index (κ2) is 10.0. The Balaban J connectivity index is 1.27. The number of nitrogens with zero attached hydrogens (tertiary/aromatic N) is 3. The number of ether oxygens (including phenoxy) is 1. The van der Waals surface area contributed by atoms with Gasteiger partial charge in [-0.3, -0.25) is 14.7 Å². The Morgan fingerprint density at radius 2 is 1.83 bits per heavy atom. The number of amides is 1. The van der Waals surface area contributed by atoms with Crippen LogP contribution in [-0.2, 0) is 6.54 Å². The molecule has 2 aliphatic rings. The van der Waals surface area contributed by atoms with Gasteiger partial charge in [0.05, 0.1) is 18.3 Å². The molecule has 2 fully saturated rings. The number of rotatable bonds is 6. The molecule has 0 saturated carbocycles. The average Bonchev–Trinajstić information content (AvgIpc) is 2.81. The molecule has 1 unspecified atom stereocenters. The molecule has 1 atom stereocenters. The molecule has 0 aliphatic carbocycles. The van der Waals surface area contributed by atoms with E-state index < -0.39 is 0 Å². The zero-order chi connectivity index (χ0) is 20.8. The lowest BCUT2D eigenvalue weighted by Gasteiger charge is -2.34. The van der Waals surface area contributed by atoms with Gasteiger partial charge in [0.2, 0.25) is 0 Å². The molecular weight excluding hydrogens is 378 g/mol. The summed E-state index contributed by atoms with van der Waals surface area (Å²) >= 11 is 0. The van der Waals surface area contributed by atoms with E-state index in [1.807, 2.05) is 47.5 Å². The SMILES string of the molecule is O=C(c1ccc(OC2CCN(Cc3ccccn3)CC2)cc1)N1CCCCC1CO. The summed E-state index contributed by atoms with van der Waals surface area (Å²) in [5.41, 5.74) is 1.77. The van der Waals surface area contributed by atoms with Gasteiger partial charge in [-0.15, -0.1) is 0 Å². The van der Waals surface area contributed by atoms with Crippen molar-refractivity contribution in [3.8, 4) is 5.75 Å². The Labute approximate surface area is 178 Å². The van der Waals surface area contributed by atoms with Crippen molar-refractivity contribution in [3.05, 3.63) is 59.9 Å². The number of piperidine rings is 2. The van der Waals surface area contributed by atoms with Crippen LogP contribution in [0.1, 0.15) is 48.2 Å². The summed E-state index contributed by atoms with van der Waals surface area (Å²) in [6.45, 7) is 3.63. The number of hydrogen-bond donors (Lipinski definition) is 1. The van der Waals surface area contributed by atoms with Crippen molar-refractivity contribution < 1.29 is 14.6 Å². The zero-order valence-electron chi connectivity index (χ0n) is 17.4. The molecule has 0 spiro atoms. The molecule has 2 aromatic rings. The highest BCUT2D eigenvalue weighted by molar-refractivity contribution is 5.94. The molecule has 1 aromatic heterocycles. The fourth-order valence-electron chi connectivity index (χ4n) is 4.40. The van der Waals surface area contributed by atoms with Gasteiger partial charge >= 0.3 is 0 Å². The highest BCUT2D eigenvalue weighted by Gasteiger charge is 2.27. The van der Waals surface area contributed by atoms with Crippen LogP contribution in [0.25, 0.3) is 0 Å². The number of likely N-dealkylation sites (tertiary alicyclic amines) is 2. The molecule has 4 rings (SSSR count). The molecule has 6 nitrogen and oxygen atoms in total. The Morgan fingerprint density at radius 1 is 1.03 bits per heavy atom. The van der Waals surface area contributed by atoms with E-state index >= 15 is 0 Å². The fourth-order valence-corrected chi connectivity index (χ4v) is 4.40. The van der Waals surface area contributed by atoms with Gasteiger partial charge in [0, 0.05) is 37.9 Å². The third-order valence-electron chi connectivity index (χ3n) is 6.15. The maximum atomic E-state index is 12.8. The predicted octanol–water partition coefficient (Wildman–Crippen LogP) is 3.11. The lowest BCUT2D eigenvalue weighted by atomic mass is 10.0. The smallest absolute Gasteiger partial charge is 0.254 e. The Bertz CT molecular complexity index is 804. The van der Waals surface area contributed by atoms with Gasteiger partial charge < -0.3 is 14.7 Å². The van der Waals surface area contributed by atoms with Crippen LogP contribution in [0.5, 0.6) is 5.75 Å². The second-order valence-corrected chi connectivity index (χ2v) is 8.27. The summed E-state index contributed by atoms with van der Waals surface area (Å²) in [6, 6.07) is 13.5. The molecule has 30 heavy (non-hydrogen) atoms. The van der Waals surface area contributed by atoms with Crippen LogP contribution in [0.3, 0.4) is 0 Å². The van der Waals surface area contributed by atoms with Gasteiger partial charge in [0.1, 0.15) is 11.9 Å². The fraction of sp³-hybridized carbons (Fsp3) is 0.500. The number of aliphatic hydroxyl groups is 1. The molecule has 2 aliphatic heterocycles. The highest BCUT2D eigenvalue weighted by atomic mass is 16.5. The maximum absolute atomic E-state index is 12.8. The Morgan fingerprint density at radius 3 is 2.53 bits per heavy atom. The van der Waals surface area contributed by atoms with E-state index in [0.29, 0.717) is 5.56 Å². The predicted molar refractivity (Wildman–Crippen MR) is 115 cm³/mol. The summed E-state index contributed by atoms with van der Waals surface area (Å²) in [4.78, 5) is 21.5. The molecule has 3 heterocycles. The van der Waals surface area contributed by atoms with E-state index in [9.17, 15) is 9.90 Å². The van der Waals surface area contributed by atoms with Gasteiger partial charge in [0.25, 0.3) is 5.91 Å². The normalized spacial score (nSPS) is 20.8. The summed E-state index contributed by atoms with van der Waals surface area (Å²) < 4.78 is 6.17. The number of aromatic nitrogens is 1. The standard InChI is InChI=1S/C24H31N3O3/c28-18-21-6-2-4-14-27(21)24(29)19-7-9-22(10-8-19)30-23-11-15-26(16-12-23)17-20-5-1-3-13-25-20/h1,3,5,7-10,13,21,23,28H,2,4,6,11-12,14-18H2. The van der Waals surface area contributed by atoms with Crippen molar-refractivity contribution in [2.75, 3.05) is 26.2 Å². The van der Waals surface area contributed by atoms with Gasteiger partial charge in [0.15, 0.2) is 0 Å². The van der Waals surface area contributed by atoms with E-state index in [-0.39, 0.29) is 24.7 Å². The third kappa shape index (κ3) is 5.18. The largest absolute Gasteiger partial charge is 0.490 e. The quantitative estimate of drug-likeness (QED) is 0.794. The van der Waals surface area contributed by atoms with Gasteiger partial charge in [-0.25, -0.2) is 0 Å². The van der Waals surface area contributed by atoms with Crippen LogP contribution in [0.4, 0.5) is 0 Å². The van der Waals surface area contributed by atoms with Crippen LogP contribution < -0.4 is 4.74 Å². The van der Waals surface area contributed by atoms with Crippen molar-refractivity contribution in [2.45, 2.75) is 50.8 Å². The lowest BCUT2D eigenvalue weighted by molar-refractivity contribution is 0.0503. The van der Waals surface area contributed by atoms with Gasteiger partial charge in [-0.2, -0.15) is 0 Å². The minimum Gasteiger partial charge on any atom is -0.490 e. The lowest BCUT2D eigenvalue weighted by Crippen LogP contribution is -2.45. The van der Waals surface area contributed by atoms with Crippen LogP contribution in [-0.4, -0.2) is 64.2 Å². The van der Waals surface area contributed by atoms with E-state index in [1.165, 1.54) is 0 Å². The molecule has 1 amide bonds. The summed E-state index contributed by atoms with van der Waals surface area (Å²) in [5.74, 6) is 0.815. The number of carbonyl (C=O) groups is 1. The molecule has 0 bridgehead atoms. The van der Waals surface area contributed by atoms with Crippen molar-refractivity contribution in [1.29, 1.82) is 0 Å². The Kier molecular flexibility index (Phi) is 6.97. The van der Waals surface area contributed by atoms with E-state index in [1.54, 1.807) is 0 Å². The van der Waals surface area contributed by atoms with Gasteiger partial charge in [-0.1, -0.05) is 6.07 Å². The zero-order valence-corrected chi connectivity index (χ0v) is 17.4. The first-order chi connectivity index (χ1) is 14.7. The van der Waals surface area contributed by atoms with E-state index in [4.69, 9.17) is 4.74 Å². The first kappa shape index (κ1) is 20.8. The molecule has 1 aromatic carbocycles. The minimum atomic E-state index is -0.0570. The van der Waals surface area contributed by atoms with Crippen LogP contribution in [0.15, 0.2) is 48.7 Å². The van der Waals surface area contributed by atoms with Crippen molar-refractivity contribution in [1.82, 2.24) is 14.8 Å². The second-order valence-electron chi connectivity index (χ2n) is 8.27. The van der Waals surface area contributed by atoms with E-state index in [2.05, 4.69) is 16.0 Å². The monoisotopic (exact) mass is 409 g/mol. The molecule has 1 N–H and O–H groups in total. The molecule has 6 heteroatoms. The van der Waals surface area contributed by atoms with Crippen LogP contribution >= 0.6 is 0 Å². The highest BCUT2D eigenvalue weighted by Crippen LogP contribution is 2.23. The van der Waals surface area contributed by atoms with Crippen molar-refractivity contribution >= 4 is 5.91 Å². The summed E-state index contributed by atoms with van der Waals surface area (Å²) in [5, 5.41) is 9.56. The molecule has 2 saturated heterocycles. The minimum absolute atomic E-state index is 0.00290. The van der Waals surface area contributed by atoms with Crippen LogP contribution in [0, 0.1) is 0 Å². The van der Waals surface area contributed by atoms with Crippen molar-refractivity contribution in [2.24, 2.45) is 0 Å². The topological polar surface area (TPSA) is 65.9 Å². The summed E-state index contributed by atoms with van der Waals surface area (Å²) in [6.07, 6.45) is 6.97. The Hall–Kier alpha value is -2.44. The molecule has 0 radical (unpaired) electrons. The van der Waals surface area contributed by atoms with Crippen molar-refractivity contribution in [3.63, 3.8) is 0 Å². The number of aliphatic hydroxyl groups excluding tert-OH is 1. The number of pyridine rings is 1. The summed E-state index contributed by atoms with van der Waals surface area (Å²) in [7, 11) is 0. The molecule has 160 valence electrons. The number of benzene rings is 1. The number of carbonyl (C=O) groups excluding carboxylic acids is 1. The molecular formula is C24H31N3O3. The van der Waals surface area contributed by atoms with E-state index in [0.717, 1.165) is 69.7 Å². The average molecular weight is 410 g/mol. The number of hydrogen-bond acceptors (Lipinski definition) is 5. The van der Waals surface area contributed by atoms with Crippen LogP contribution in [0.2, 0.25) is 0 Å².